The summed E-state index contributed by atoms with van der Waals surface area (Å²) in [6.45, 7) is -0.142. The van der Waals surface area contributed by atoms with Crippen molar-refractivity contribution in [2.24, 2.45) is 11.7 Å². The van der Waals surface area contributed by atoms with Crippen LogP contribution in [0.25, 0.3) is 0 Å². The van der Waals surface area contributed by atoms with Gasteiger partial charge >= 0.3 is 26.0 Å². The quantitative estimate of drug-likeness (QED) is 0.177. The Kier molecular flexibility index (Phi) is 11.6. The molecule has 1 heterocycles. The second-order valence-corrected chi connectivity index (χ2v) is 9.88. The van der Waals surface area contributed by atoms with E-state index in [2.05, 4.69) is 9.05 Å². The molecule has 0 spiro atoms. The predicted octanol–water partition coefficient (Wildman–Crippen LogP) is 2.89. The van der Waals surface area contributed by atoms with Crippen molar-refractivity contribution in [3.63, 3.8) is 0 Å². The average Bonchev–Trinajstić information content (AvgIpc) is 2.74. The van der Waals surface area contributed by atoms with Crippen LogP contribution in [0.1, 0.15) is 20.8 Å². The smallest absolute Gasteiger partial charge is 0.364 e. The second-order valence-electron chi connectivity index (χ2n) is 7.88. The van der Waals surface area contributed by atoms with Gasteiger partial charge in [-0.1, -0.05) is 13.8 Å². The van der Waals surface area contributed by atoms with Crippen LogP contribution < -0.4 is 16.5 Å². The maximum atomic E-state index is 14.6. The molecule has 0 aromatic rings. The van der Waals surface area contributed by atoms with E-state index in [9.17, 15) is 44.9 Å². The molecule has 0 radical (unpaired) electrons. The first-order valence-corrected chi connectivity index (χ1v) is 11.8. The van der Waals surface area contributed by atoms with E-state index in [1.165, 1.54) is 6.92 Å². The second kappa shape index (κ2) is 13.0. The van der Waals surface area contributed by atoms with Crippen LogP contribution in [0.3, 0.4) is 0 Å². The molecule has 4 N–H and O–H groups in total. The normalized spacial score (nSPS) is 18.5. The maximum Gasteiger partial charge on any atom is 0.412 e. The topological polar surface area (TPSA) is 141 Å². The molecule has 0 aliphatic carbocycles. The van der Waals surface area contributed by atoms with Gasteiger partial charge in [-0.25, -0.2) is 14.7 Å². The number of ether oxygens (including phenoxy) is 1. The minimum atomic E-state index is -5.07. The molecule has 1 aliphatic rings. The van der Waals surface area contributed by atoms with Gasteiger partial charge in [-0.15, -0.1) is 0 Å². The number of carbonyl (C=O) groups excluding carboxylic acids is 2. The van der Waals surface area contributed by atoms with Crippen molar-refractivity contribution >= 4 is 19.5 Å². The number of hydrogen-bond donors (Lipinski definition) is 3. The van der Waals surface area contributed by atoms with Gasteiger partial charge in [0.15, 0.2) is 19.0 Å². The van der Waals surface area contributed by atoms with Crippen molar-refractivity contribution in [1.29, 1.82) is 0 Å². The van der Waals surface area contributed by atoms with Gasteiger partial charge in [0.1, 0.15) is 18.2 Å². The summed E-state index contributed by atoms with van der Waals surface area (Å²) in [7, 11) is -5.07. The molecular weight excluding hydrogens is 536 g/mol. The summed E-state index contributed by atoms with van der Waals surface area (Å²) in [5, 5.41) is 1.95. The number of amides is 3. The standard InChI is InChI=1S/C17H26F7N4O7P/c1-9(2)5-33-27-14(29)12-11(18)13(25)28(15(30)26-12)4-10(3)32-8-36(31,34-6-16(19,20)21)35-7-17(22,23)24/h9-10,13H,4-8,25H2,1-3H3,(H,26,30)(H,27,29)/t10-,13?/m1/s1. The first kappa shape index (κ1) is 32.0. The third-order valence-corrected chi connectivity index (χ3v) is 5.47. The molecule has 19 heteroatoms. The lowest BCUT2D eigenvalue weighted by molar-refractivity contribution is -0.166. The number of alkyl halides is 6. The molecule has 0 fully saturated rings. The van der Waals surface area contributed by atoms with Crippen molar-refractivity contribution in [3.8, 4) is 0 Å². The molecule has 1 aliphatic heterocycles. The van der Waals surface area contributed by atoms with Crippen LogP contribution in [0, 0.1) is 5.92 Å². The summed E-state index contributed by atoms with van der Waals surface area (Å²) < 4.78 is 114. The molecular formula is C17H26F7N4O7P. The number of carbonyl (C=O) groups is 2. The van der Waals surface area contributed by atoms with Crippen molar-refractivity contribution < 1.29 is 63.5 Å². The zero-order valence-electron chi connectivity index (χ0n) is 19.2. The Balaban J connectivity index is 2.81. The number of hydroxylamine groups is 1. The minimum absolute atomic E-state index is 0.0253. The van der Waals surface area contributed by atoms with Crippen molar-refractivity contribution in [3.05, 3.63) is 11.5 Å². The van der Waals surface area contributed by atoms with E-state index in [0.29, 0.717) is 4.90 Å². The van der Waals surface area contributed by atoms with Crippen LogP contribution in [0.5, 0.6) is 0 Å². The van der Waals surface area contributed by atoms with Crippen molar-refractivity contribution in [2.45, 2.75) is 45.4 Å². The Hall–Kier alpha value is -1.98. The van der Waals surface area contributed by atoms with Crippen LogP contribution in [0.4, 0.5) is 35.5 Å². The summed E-state index contributed by atoms with van der Waals surface area (Å²) in [5.41, 5.74) is 6.74. The van der Waals surface area contributed by atoms with Gasteiger partial charge in [0.05, 0.1) is 19.3 Å². The molecule has 1 rings (SSSR count). The van der Waals surface area contributed by atoms with Gasteiger partial charge in [-0.05, 0) is 12.8 Å². The largest absolute Gasteiger partial charge is 0.412 e. The molecule has 3 amide bonds. The third-order valence-electron chi connectivity index (χ3n) is 3.96. The Morgan fingerprint density at radius 1 is 1.14 bits per heavy atom. The Morgan fingerprint density at radius 3 is 2.14 bits per heavy atom. The van der Waals surface area contributed by atoms with Crippen molar-refractivity contribution in [2.75, 3.05) is 32.7 Å². The number of nitrogens with one attached hydrogen (secondary N) is 2. The van der Waals surface area contributed by atoms with Gasteiger partial charge in [0.2, 0.25) is 0 Å². The SMILES string of the molecule is CC(C)CONC(=O)C1=C(F)C(N)N(C[C@@H](C)OCP(=O)(OCC(F)(F)F)OCC(F)(F)F)C(=O)N1. The fourth-order valence-corrected chi connectivity index (χ4v) is 3.69. The lowest BCUT2D eigenvalue weighted by atomic mass is 10.2. The number of urea groups is 1. The lowest BCUT2D eigenvalue weighted by Gasteiger charge is -2.34. The Bertz CT molecular complexity index is 832. The maximum absolute atomic E-state index is 14.6. The minimum Gasteiger partial charge on any atom is -0.364 e. The first-order chi connectivity index (χ1) is 16.3. The van der Waals surface area contributed by atoms with Crippen molar-refractivity contribution in [1.82, 2.24) is 15.7 Å². The molecule has 0 bridgehead atoms. The highest BCUT2D eigenvalue weighted by atomic mass is 31.2. The van der Waals surface area contributed by atoms with E-state index < -0.39 is 81.8 Å². The fraction of sp³-hybridized carbons (Fsp3) is 0.765. The van der Waals surface area contributed by atoms with E-state index in [0.717, 1.165) is 0 Å². The van der Waals surface area contributed by atoms with Gasteiger partial charge in [0, 0.05) is 0 Å². The number of nitrogens with two attached hydrogens (primary N) is 1. The van der Waals surface area contributed by atoms with Crippen LogP contribution in [-0.4, -0.2) is 74.2 Å². The van der Waals surface area contributed by atoms with Gasteiger partial charge in [-0.3, -0.25) is 28.1 Å². The number of nitrogens with zero attached hydrogens (tertiary/aromatic N) is 1. The van der Waals surface area contributed by atoms with E-state index >= 15 is 0 Å². The molecule has 36 heavy (non-hydrogen) atoms. The van der Waals surface area contributed by atoms with Crippen LogP contribution in [0.15, 0.2) is 11.5 Å². The molecule has 0 aromatic heterocycles. The fourth-order valence-electron chi connectivity index (χ4n) is 2.34. The number of hydrogen-bond acceptors (Lipinski definition) is 8. The molecule has 1 unspecified atom stereocenters. The average molecular weight is 562 g/mol. The van der Waals surface area contributed by atoms with Crippen LogP contribution in [-0.2, 0) is 28.0 Å². The summed E-state index contributed by atoms with van der Waals surface area (Å²) in [5.74, 6) is -2.39. The first-order valence-electron chi connectivity index (χ1n) is 10.1. The molecule has 2 atom stereocenters. The van der Waals surface area contributed by atoms with E-state index in [-0.39, 0.29) is 12.5 Å². The lowest BCUT2D eigenvalue weighted by Crippen LogP contribution is -2.58. The zero-order valence-corrected chi connectivity index (χ0v) is 20.1. The molecule has 0 saturated carbocycles. The highest BCUT2D eigenvalue weighted by Crippen LogP contribution is 2.50. The third kappa shape index (κ3) is 11.4. The number of rotatable bonds is 13. The van der Waals surface area contributed by atoms with E-state index in [4.69, 9.17) is 15.3 Å². The van der Waals surface area contributed by atoms with Gasteiger partial charge < -0.3 is 15.8 Å². The summed E-state index contributed by atoms with van der Waals surface area (Å²) >= 11 is 0. The highest BCUT2D eigenvalue weighted by Gasteiger charge is 2.40. The van der Waals surface area contributed by atoms with E-state index in [1.807, 2.05) is 10.8 Å². The van der Waals surface area contributed by atoms with Crippen LogP contribution >= 0.6 is 7.60 Å². The van der Waals surface area contributed by atoms with E-state index in [1.54, 1.807) is 13.8 Å². The highest BCUT2D eigenvalue weighted by molar-refractivity contribution is 7.53. The molecule has 11 nitrogen and oxygen atoms in total. The summed E-state index contributed by atoms with van der Waals surface area (Å²) in [6.07, 6.45) is -14.5. The number of halogens is 7. The molecule has 210 valence electrons. The van der Waals surface area contributed by atoms with Gasteiger partial charge in [-0.2, -0.15) is 26.3 Å². The Labute approximate surface area is 200 Å². The zero-order chi connectivity index (χ0) is 27.9. The summed E-state index contributed by atoms with van der Waals surface area (Å²) in [6, 6.07) is -1.09. The molecule has 0 saturated heterocycles. The van der Waals surface area contributed by atoms with Crippen LogP contribution in [0.2, 0.25) is 0 Å². The Morgan fingerprint density at radius 2 is 1.67 bits per heavy atom. The van der Waals surface area contributed by atoms with Gasteiger partial charge in [0.25, 0.3) is 5.91 Å². The summed E-state index contributed by atoms with van der Waals surface area (Å²) in [4.78, 5) is 29.8. The predicted molar refractivity (Wildman–Crippen MR) is 107 cm³/mol. The monoisotopic (exact) mass is 562 g/mol. The molecule has 0 aromatic carbocycles.